The Hall–Kier alpha value is -6.44. The van der Waals surface area contributed by atoms with Crippen molar-refractivity contribution in [3.63, 3.8) is 0 Å². The van der Waals surface area contributed by atoms with Gasteiger partial charge in [-0.25, -0.2) is 0 Å². The Labute approximate surface area is 310 Å². The van der Waals surface area contributed by atoms with Crippen molar-refractivity contribution in [2.24, 2.45) is 0 Å². The molecule has 0 aromatic heterocycles. The first-order valence-corrected chi connectivity index (χ1v) is 18.6. The zero-order valence-corrected chi connectivity index (χ0v) is 30.3. The molecule has 10 aromatic rings. The molecule has 0 aliphatic rings. The minimum absolute atomic E-state index is 0.0580. The lowest BCUT2D eigenvalue weighted by Gasteiger charge is -2.30. The molecule has 0 aliphatic heterocycles. The smallest absolute Gasteiger partial charge is 0.0618 e. The molecule has 53 heavy (non-hydrogen) atoms. The summed E-state index contributed by atoms with van der Waals surface area (Å²) in [6.45, 7) is 6.99. The van der Waals surface area contributed by atoms with Crippen molar-refractivity contribution in [3.8, 4) is 22.3 Å². The number of hydrogen-bond donors (Lipinski definition) is 0. The van der Waals surface area contributed by atoms with Gasteiger partial charge in [-0.3, -0.25) is 0 Å². The van der Waals surface area contributed by atoms with Crippen LogP contribution in [0.5, 0.6) is 0 Å². The van der Waals surface area contributed by atoms with Crippen LogP contribution in [0.4, 0.5) is 17.1 Å². The highest BCUT2D eigenvalue weighted by Crippen LogP contribution is 2.49. The molecule has 252 valence electrons. The molecule has 0 N–H and O–H groups in total. The van der Waals surface area contributed by atoms with E-state index in [1.165, 1.54) is 87.4 Å². The Morgan fingerprint density at radius 1 is 0.377 bits per heavy atom. The van der Waals surface area contributed by atoms with Crippen LogP contribution in [0.2, 0.25) is 0 Å². The monoisotopic (exact) mass is 677 g/mol. The van der Waals surface area contributed by atoms with Gasteiger partial charge in [0.05, 0.1) is 5.69 Å². The lowest BCUT2D eigenvalue weighted by Crippen LogP contribution is -2.12. The summed E-state index contributed by atoms with van der Waals surface area (Å²) in [5.41, 5.74) is 9.75. The van der Waals surface area contributed by atoms with Crippen LogP contribution in [0.15, 0.2) is 182 Å². The molecule has 0 amide bonds. The van der Waals surface area contributed by atoms with E-state index < -0.39 is 0 Å². The lowest BCUT2D eigenvalue weighted by atomic mass is 9.81. The van der Waals surface area contributed by atoms with Crippen molar-refractivity contribution in [2.45, 2.75) is 26.2 Å². The molecule has 0 spiro atoms. The average molecular weight is 678 g/mol. The first-order chi connectivity index (χ1) is 25.9. The SMILES string of the molecule is CC(C)(C)c1cc(-c2c3ccccc3c(N(c3ccccc3)c3ccccc3)c3ccccc23)cc(-c2ccc3ccc4cccc5ccc2c3c45)c1. The third-order valence-electron chi connectivity index (χ3n) is 11.1. The van der Waals surface area contributed by atoms with Gasteiger partial charge in [-0.15, -0.1) is 0 Å². The predicted molar refractivity (Wildman–Crippen MR) is 229 cm³/mol. The second-order valence-electron chi connectivity index (χ2n) is 15.3. The van der Waals surface area contributed by atoms with Gasteiger partial charge >= 0.3 is 0 Å². The maximum atomic E-state index is 2.45. The molecule has 0 heterocycles. The van der Waals surface area contributed by atoms with Crippen LogP contribution < -0.4 is 4.90 Å². The number of nitrogens with zero attached hydrogens (tertiary/aromatic N) is 1. The summed E-state index contributed by atoms with van der Waals surface area (Å²) >= 11 is 0. The van der Waals surface area contributed by atoms with E-state index in [0.717, 1.165) is 11.4 Å². The van der Waals surface area contributed by atoms with Gasteiger partial charge in [0.2, 0.25) is 0 Å². The molecule has 0 bridgehead atoms. The molecule has 1 nitrogen and oxygen atoms in total. The van der Waals surface area contributed by atoms with E-state index in [1.54, 1.807) is 0 Å². The highest BCUT2D eigenvalue weighted by atomic mass is 15.1. The van der Waals surface area contributed by atoms with Crippen LogP contribution >= 0.6 is 0 Å². The Morgan fingerprint density at radius 3 is 1.45 bits per heavy atom. The molecule has 10 rings (SSSR count). The Morgan fingerprint density at radius 2 is 0.868 bits per heavy atom. The van der Waals surface area contributed by atoms with Crippen molar-refractivity contribution in [1.29, 1.82) is 0 Å². The Kier molecular flexibility index (Phi) is 7.13. The molecule has 0 fully saturated rings. The van der Waals surface area contributed by atoms with Crippen LogP contribution in [0, 0.1) is 0 Å². The topological polar surface area (TPSA) is 3.24 Å². The van der Waals surface area contributed by atoms with Crippen LogP contribution in [0.1, 0.15) is 26.3 Å². The largest absolute Gasteiger partial charge is 0.309 e. The summed E-state index contributed by atoms with van der Waals surface area (Å²) < 4.78 is 0. The number of fused-ring (bicyclic) bond motifs is 2. The van der Waals surface area contributed by atoms with Crippen molar-refractivity contribution < 1.29 is 0 Å². The van der Waals surface area contributed by atoms with Crippen LogP contribution in [0.3, 0.4) is 0 Å². The zero-order valence-electron chi connectivity index (χ0n) is 30.3. The molecule has 0 radical (unpaired) electrons. The first kappa shape index (κ1) is 31.3. The third kappa shape index (κ3) is 5.07. The summed E-state index contributed by atoms with van der Waals surface area (Å²) in [7, 11) is 0. The molecule has 1 heteroatoms. The number of para-hydroxylation sites is 2. The number of benzene rings is 10. The molecular formula is C52H39N. The van der Waals surface area contributed by atoms with E-state index in [-0.39, 0.29) is 5.41 Å². The van der Waals surface area contributed by atoms with Crippen molar-refractivity contribution >= 4 is 70.9 Å². The molecule has 0 saturated carbocycles. The van der Waals surface area contributed by atoms with Gasteiger partial charge in [-0.2, -0.15) is 0 Å². The normalized spacial score (nSPS) is 12.1. The van der Waals surface area contributed by atoms with E-state index in [9.17, 15) is 0 Å². The quantitative estimate of drug-likeness (QED) is 0.129. The highest BCUT2D eigenvalue weighted by Gasteiger charge is 2.24. The highest BCUT2D eigenvalue weighted by molar-refractivity contribution is 6.26. The fraction of sp³-hybridized carbons (Fsp3) is 0.0769. The van der Waals surface area contributed by atoms with Gasteiger partial charge in [0.25, 0.3) is 0 Å². The van der Waals surface area contributed by atoms with E-state index in [0.29, 0.717) is 0 Å². The van der Waals surface area contributed by atoms with Gasteiger partial charge < -0.3 is 4.90 Å². The third-order valence-corrected chi connectivity index (χ3v) is 11.1. The predicted octanol–water partition coefficient (Wildman–Crippen LogP) is 15.0. The van der Waals surface area contributed by atoms with E-state index in [1.807, 2.05) is 0 Å². The average Bonchev–Trinajstić information content (AvgIpc) is 3.20. The van der Waals surface area contributed by atoms with Gasteiger partial charge in [0.1, 0.15) is 0 Å². The minimum Gasteiger partial charge on any atom is -0.309 e. The molecule has 0 aliphatic carbocycles. The number of hydrogen-bond acceptors (Lipinski definition) is 1. The van der Waals surface area contributed by atoms with Gasteiger partial charge in [-0.05, 0) is 107 Å². The maximum Gasteiger partial charge on any atom is 0.0618 e. The van der Waals surface area contributed by atoms with E-state index in [4.69, 9.17) is 0 Å². The fourth-order valence-electron chi connectivity index (χ4n) is 8.57. The summed E-state index contributed by atoms with van der Waals surface area (Å²) in [6, 6.07) is 67.3. The van der Waals surface area contributed by atoms with E-state index in [2.05, 4.69) is 208 Å². The molecular weight excluding hydrogens is 639 g/mol. The van der Waals surface area contributed by atoms with Crippen molar-refractivity contribution in [3.05, 3.63) is 188 Å². The second-order valence-corrected chi connectivity index (χ2v) is 15.3. The van der Waals surface area contributed by atoms with Crippen LogP contribution in [-0.4, -0.2) is 0 Å². The zero-order chi connectivity index (χ0) is 35.7. The van der Waals surface area contributed by atoms with Crippen molar-refractivity contribution in [1.82, 2.24) is 0 Å². The van der Waals surface area contributed by atoms with Crippen molar-refractivity contribution in [2.75, 3.05) is 4.90 Å². The van der Waals surface area contributed by atoms with Gasteiger partial charge in [0.15, 0.2) is 0 Å². The first-order valence-electron chi connectivity index (χ1n) is 18.6. The summed E-state index contributed by atoms with van der Waals surface area (Å²) in [5, 5.41) is 12.8. The van der Waals surface area contributed by atoms with Crippen LogP contribution in [0.25, 0.3) is 76.1 Å². The van der Waals surface area contributed by atoms with Crippen LogP contribution in [-0.2, 0) is 5.41 Å². The number of rotatable bonds is 5. The Balaban J connectivity index is 1.29. The fourth-order valence-corrected chi connectivity index (χ4v) is 8.57. The van der Waals surface area contributed by atoms with Gasteiger partial charge in [0, 0.05) is 22.1 Å². The molecule has 10 aromatic carbocycles. The molecule has 0 saturated heterocycles. The summed E-state index contributed by atoms with van der Waals surface area (Å²) in [5.74, 6) is 0. The molecule has 0 atom stereocenters. The lowest BCUT2D eigenvalue weighted by molar-refractivity contribution is 0.591. The second kappa shape index (κ2) is 12.1. The summed E-state index contributed by atoms with van der Waals surface area (Å²) in [4.78, 5) is 2.43. The minimum atomic E-state index is -0.0580. The summed E-state index contributed by atoms with van der Waals surface area (Å²) in [6.07, 6.45) is 0. The Bertz CT molecular complexity index is 2860. The standard InChI is InChI=1S/C52H39N/c1-52(2,3)39-32-37(42-29-27-36-26-25-34-15-14-16-35-28-30-45(42)50(36)48(34)35)31-38(33-39)49-43-21-10-12-23-46(43)51(47-24-13-11-22-44(47)49)53(40-17-6-4-7-18-40)41-19-8-5-9-20-41/h4-33H,1-3H3. The maximum absolute atomic E-state index is 2.45. The molecule has 0 unspecified atom stereocenters. The van der Waals surface area contributed by atoms with E-state index >= 15 is 0 Å². The van der Waals surface area contributed by atoms with Gasteiger partial charge in [-0.1, -0.05) is 172 Å². The number of anilines is 3.